The van der Waals surface area contributed by atoms with Crippen molar-refractivity contribution in [2.45, 2.75) is 13.0 Å². The van der Waals surface area contributed by atoms with Crippen LogP contribution in [-0.2, 0) is 9.59 Å². The van der Waals surface area contributed by atoms with E-state index in [1.807, 2.05) is 19.1 Å². The minimum atomic E-state index is -0.892. The highest BCUT2D eigenvalue weighted by atomic mass is 16.5. The molecule has 31 heavy (non-hydrogen) atoms. The molecule has 0 aliphatic carbocycles. The van der Waals surface area contributed by atoms with E-state index in [1.165, 1.54) is 24.1 Å². The molecule has 1 atom stereocenters. The van der Waals surface area contributed by atoms with Gasteiger partial charge in [0.05, 0.1) is 18.7 Å². The summed E-state index contributed by atoms with van der Waals surface area (Å²) in [5, 5.41) is 21.1. The van der Waals surface area contributed by atoms with Crippen molar-refractivity contribution >= 4 is 23.1 Å². The molecule has 1 aliphatic rings. The first kappa shape index (κ1) is 20.2. The Hall–Kier alpha value is -4.06. The quantitative estimate of drug-likeness (QED) is 0.376. The van der Waals surface area contributed by atoms with Crippen LogP contribution >= 0.6 is 0 Å². The molecule has 3 aromatic carbocycles. The maximum Gasteiger partial charge on any atom is 0.300 e. The lowest BCUT2D eigenvalue weighted by Gasteiger charge is -2.25. The second-order valence-electron chi connectivity index (χ2n) is 7.33. The Morgan fingerprint density at radius 2 is 1.65 bits per heavy atom. The number of carbonyl (C=O) groups is 2. The number of phenols is 1. The van der Waals surface area contributed by atoms with Gasteiger partial charge in [0.2, 0.25) is 0 Å². The normalized spacial score (nSPS) is 17.7. The van der Waals surface area contributed by atoms with E-state index in [2.05, 4.69) is 0 Å². The molecular weight excluding hydrogens is 394 g/mol. The smallest absolute Gasteiger partial charge is 0.300 e. The number of anilines is 1. The highest BCUT2D eigenvalue weighted by Crippen LogP contribution is 2.42. The fraction of sp³-hybridized carbons (Fsp3) is 0.120. The van der Waals surface area contributed by atoms with E-state index in [9.17, 15) is 19.8 Å². The number of phenolic OH excluding ortho intramolecular Hbond substituents is 1. The summed E-state index contributed by atoms with van der Waals surface area (Å²) in [6.45, 7) is 1.92. The van der Waals surface area contributed by atoms with E-state index in [0.29, 0.717) is 22.6 Å². The van der Waals surface area contributed by atoms with Crippen molar-refractivity contribution in [1.29, 1.82) is 0 Å². The van der Waals surface area contributed by atoms with Crippen molar-refractivity contribution in [2.75, 3.05) is 12.0 Å². The molecule has 2 N–H and O–H groups in total. The number of aromatic hydroxyl groups is 1. The van der Waals surface area contributed by atoms with Crippen LogP contribution in [0.25, 0.3) is 5.76 Å². The first-order valence-electron chi connectivity index (χ1n) is 9.71. The number of aliphatic hydroxyl groups is 1. The summed E-state index contributed by atoms with van der Waals surface area (Å²) in [5.74, 6) is -1.23. The molecule has 6 nitrogen and oxygen atoms in total. The summed E-state index contributed by atoms with van der Waals surface area (Å²) in [4.78, 5) is 27.5. The third-order valence-corrected chi connectivity index (χ3v) is 5.31. The second kappa shape index (κ2) is 7.99. The van der Waals surface area contributed by atoms with Crippen LogP contribution in [0.1, 0.15) is 22.7 Å². The zero-order valence-electron chi connectivity index (χ0n) is 17.1. The third-order valence-electron chi connectivity index (χ3n) is 5.31. The summed E-state index contributed by atoms with van der Waals surface area (Å²) in [6, 6.07) is 19.2. The van der Waals surface area contributed by atoms with Crippen LogP contribution in [0, 0.1) is 6.92 Å². The molecule has 6 heteroatoms. The van der Waals surface area contributed by atoms with Gasteiger partial charge < -0.3 is 14.9 Å². The van der Waals surface area contributed by atoms with Gasteiger partial charge in [0.25, 0.3) is 11.7 Å². The lowest BCUT2D eigenvalue weighted by atomic mass is 9.95. The summed E-state index contributed by atoms with van der Waals surface area (Å²) < 4.78 is 5.15. The van der Waals surface area contributed by atoms with Crippen molar-refractivity contribution < 1.29 is 24.5 Å². The fourth-order valence-electron chi connectivity index (χ4n) is 3.72. The predicted octanol–water partition coefficient (Wildman–Crippen LogP) is 4.34. The van der Waals surface area contributed by atoms with Gasteiger partial charge in [-0.05, 0) is 61.0 Å². The Morgan fingerprint density at radius 3 is 2.26 bits per heavy atom. The van der Waals surface area contributed by atoms with Crippen LogP contribution in [0.15, 0.2) is 78.4 Å². The molecule has 156 valence electrons. The van der Waals surface area contributed by atoms with Crippen LogP contribution in [0.4, 0.5) is 5.69 Å². The van der Waals surface area contributed by atoms with Gasteiger partial charge in [0, 0.05) is 11.3 Å². The summed E-state index contributed by atoms with van der Waals surface area (Å²) in [5.41, 5.74) is 2.38. The summed E-state index contributed by atoms with van der Waals surface area (Å²) in [6.07, 6.45) is 0. The lowest BCUT2D eigenvalue weighted by molar-refractivity contribution is -0.132. The zero-order valence-corrected chi connectivity index (χ0v) is 17.1. The zero-order chi connectivity index (χ0) is 22.1. The van der Waals surface area contributed by atoms with Gasteiger partial charge in [-0.2, -0.15) is 0 Å². The van der Waals surface area contributed by atoms with Gasteiger partial charge in [-0.25, -0.2) is 0 Å². The van der Waals surface area contributed by atoms with E-state index >= 15 is 0 Å². The molecule has 1 unspecified atom stereocenters. The fourth-order valence-corrected chi connectivity index (χ4v) is 3.72. The number of hydrogen-bond donors (Lipinski definition) is 2. The van der Waals surface area contributed by atoms with Crippen LogP contribution in [0.5, 0.6) is 11.5 Å². The van der Waals surface area contributed by atoms with Crippen molar-refractivity contribution in [3.63, 3.8) is 0 Å². The van der Waals surface area contributed by atoms with E-state index in [-0.39, 0.29) is 17.1 Å². The number of Topliss-reactive ketones (excluding diaryl/α,β-unsaturated/α-hetero) is 1. The topological polar surface area (TPSA) is 87.1 Å². The van der Waals surface area contributed by atoms with Crippen molar-refractivity contribution in [3.05, 3.63) is 95.1 Å². The second-order valence-corrected chi connectivity index (χ2v) is 7.33. The number of carbonyl (C=O) groups excluding carboxylic acids is 2. The molecule has 4 rings (SSSR count). The number of aryl methyl sites for hydroxylation is 1. The molecule has 0 saturated carbocycles. The molecule has 0 bridgehead atoms. The number of nitrogens with zero attached hydrogens (tertiary/aromatic N) is 1. The number of rotatable bonds is 4. The maximum absolute atomic E-state index is 13.1. The monoisotopic (exact) mass is 415 g/mol. The molecule has 0 radical (unpaired) electrons. The molecule has 1 amide bonds. The van der Waals surface area contributed by atoms with Crippen LogP contribution in [-0.4, -0.2) is 29.0 Å². The third kappa shape index (κ3) is 3.64. The molecule has 0 aromatic heterocycles. The molecule has 1 aliphatic heterocycles. The van der Waals surface area contributed by atoms with E-state index in [4.69, 9.17) is 4.74 Å². The number of aliphatic hydroxyl groups excluding tert-OH is 1. The van der Waals surface area contributed by atoms with Crippen LogP contribution < -0.4 is 9.64 Å². The SMILES string of the molecule is COc1ccc(/C(O)=C2/C(=O)C(=O)N(c3ccc(C)cc3)C2c2cccc(O)c2)cc1. The van der Waals surface area contributed by atoms with Crippen LogP contribution in [0.2, 0.25) is 0 Å². The summed E-state index contributed by atoms with van der Waals surface area (Å²) >= 11 is 0. The maximum atomic E-state index is 13.1. The Kier molecular flexibility index (Phi) is 5.21. The molecule has 0 spiro atoms. The van der Waals surface area contributed by atoms with Crippen molar-refractivity contribution in [1.82, 2.24) is 0 Å². The number of ketones is 1. The van der Waals surface area contributed by atoms with Gasteiger partial charge >= 0.3 is 0 Å². The Labute approximate surface area is 179 Å². The van der Waals surface area contributed by atoms with Gasteiger partial charge in [-0.15, -0.1) is 0 Å². The number of benzene rings is 3. The number of hydrogen-bond acceptors (Lipinski definition) is 5. The Bertz CT molecular complexity index is 1180. The molecule has 1 heterocycles. The predicted molar refractivity (Wildman–Crippen MR) is 117 cm³/mol. The van der Waals surface area contributed by atoms with E-state index < -0.39 is 17.7 Å². The van der Waals surface area contributed by atoms with Gasteiger partial charge in [-0.1, -0.05) is 29.8 Å². The molecular formula is C25H21NO5. The highest BCUT2D eigenvalue weighted by molar-refractivity contribution is 6.51. The molecule has 1 saturated heterocycles. The average Bonchev–Trinajstić information content (AvgIpc) is 3.04. The van der Waals surface area contributed by atoms with Crippen molar-refractivity contribution in [2.24, 2.45) is 0 Å². The summed E-state index contributed by atoms with van der Waals surface area (Å²) in [7, 11) is 1.53. The van der Waals surface area contributed by atoms with E-state index in [1.54, 1.807) is 48.5 Å². The first-order valence-corrected chi connectivity index (χ1v) is 9.71. The first-order chi connectivity index (χ1) is 14.9. The number of ether oxygens (including phenoxy) is 1. The highest BCUT2D eigenvalue weighted by Gasteiger charge is 2.47. The van der Waals surface area contributed by atoms with E-state index in [0.717, 1.165) is 5.56 Å². The Morgan fingerprint density at radius 1 is 0.968 bits per heavy atom. The minimum Gasteiger partial charge on any atom is -0.508 e. The van der Waals surface area contributed by atoms with Gasteiger partial charge in [0.15, 0.2) is 0 Å². The van der Waals surface area contributed by atoms with Gasteiger partial charge in [-0.3, -0.25) is 14.5 Å². The van der Waals surface area contributed by atoms with Crippen LogP contribution in [0.3, 0.4) is 0 Å². The standard InChI is InChI=1S/C25H21NO5/c1-15-6-10-18(11-7-15)26-22(17-4-3-5-19(27)14-17)21(24(29)25(26)30)23(28)16-8-12-20(31-2)13-9-16/h3-14,22,27-28H,1-2H3/b23-21-. The Balaban J connectivity index is 1.92. The molecule has 1 fully saturated rings. The number of methoxy groups -OCH3 is 1. The van der Waals surface area contributed by atoms with Crippen molar-refractivity contribution in [3.8, 4) is 11.5 Å². The van der Waals surface area contributed by atoms with Gasteiger partial charge in [0.1, 0.15) is 17.3 Å². The molecule has 3 aromatic rings. The minimum absolute atomic E-state index is 0.00330. The largest absolute Gasteiger partial charge is 0.508 e. The average molecular weight is 415 g/mol. The number of amides is 1. The lowest BCUT2D eigenvalue weighted by Crippen LogP contribution is -2.29.